The standard InChI is InChI=1S/C16H28N4O5S.ClH/c1-12-15(13(2)25-19-12)26(22,23)20-9-4-5-14(11-20)16(21)18-7-6-17-8-10-24-3;/h14,17H,4-11H2,1-3H3,(H,18,21);1H. The van der Waals surface area contributed by atoms with Crippen LogP contribution >= 0.6 is 12.4 Å². The van der Waals surface area contributed by atoms with Crippen LogP contribution in [0, 0.1) is 19.8 Å². The molecular weight excluding hydrogens is 396 g/mol. The highest BCUT2D eigenvalue weighted by molar-refractivity contribution is 7.89. The number of nitrogens with one attached hydrogen (secondary N) is 2. The molecule has 0 spiro atoms. The Morgan fingerprint density at radius 1 is 1.33 bits per heavy atom. The number of carbonyl (C=O) groups excluding carboxylic acids is 1. The molecule has 1 aromatic rings. The van der Waals surface area contributed by atoms with E-state index in [1.54, 1.807) is 21.0 Å². The van der Waals surface area contributed by atoms with Crippen molar-refractivity contribution in [2.24, 2.45) is 5.92 Å². The highest BCUT2D eigenvalue weighted by Crippen LogP contribution is 2.27. The van der Waals surface area contributed by atoms with Gasteiger partial charge < -0.3 is 19.9 Å². The summed E-state index contributed by atoms with van der Waals surface area (Å²) < 4.78 is 37.1. The molecule has 11 heteroatoms. The summed E-state index contributed by atoms with van der Waals surface area (Å²) in [4.78, 5) is 12.5. The number of amides is 1. The molecule has 1 aromatic heterocycles. The number of nitrogens with zero attached hydrogens (tertiary/aromatic N) is 2. The lowest BCUT2D eigenvalue weighted by molar-refractivity contribution is -0.126. The largest absolute Gasteiger partial charge is 0.383 e. The summed E-state index contributed by atoms with van der Waals surface area (Å²) in [5, 5.41) is 9.74. The lowest BCUT2D eigenvalue weighted by Crippen LogP contribution is -2.46. The molecule has 0 aromatic carbocycles. The summed E-state index contributed by atoms with van der Waals surface area (Å²) in [5.74, 6) is -0.189. The summed E-state index contributed by atoms with van der Waals surface area (Å²) >= 11 is 0. The molecule has 1 aliphatic rings. The van der Waals surface area contributed by atoms with E-state index >= 15 is 0 Å². The Hall–Kier alpha value is -1.20. The van der Waals surface area contributed by atoms with Gasteiger partial charge >= 0.3 is 0 Å². The van der Waals surface area contributed by atoms with Crippen molar-refractivity contribution >= 4 is 28.3 Å². The molecule has 9 nitrogen and oxygen atoms in total. The molecule has 0 radical (unpaired) electrons. The van der Waals surface area contributed by atoms with E-state index in [9.17, 15) is 13.2 Å². The lowest BCUT2D eigenvalue weighted by Gasteiger charge is -2.31. The van der Waals surface area contributed by atoms with Gasteiger partial charge in [-0.2, -0.15) is 4.31 Å². The molecule has 1 aliphatic heterocycles. The molecule has 0 saturated carbocycles. The van der Waals surface area contributed by atoms with Gasteiger partial charge in [-0.15, -0.1) is 12.4 Å². The summed E-state index contributed by atoms with van der Waals surface area (Å²) in [6.07, 6.45) is 1.32. The number of aromatic nitrogens is 1. The van der Waals surface area contributed by atoms with E-state index in [0.717, 1.165) is 6.54 Å². The molecule has 1 saturated heterocycles. The number of halogens is 1. The second-order valence-corrected chi connectivity index (χ2v) is 8.26. The molecular formula is C16H29ClN4O5S. The molecule has 0 bridgehead atoms. The zero-order valence-electron chi connectivity index (χ0n) is 16.0. The number of rotatable bonds is 9. The van der Waals surface area contributed by atoms with E-state index in [1.165, 1.54) is 4.31 Å². The molecule has 1 atom stereocenters. The van der Waals surface area contributed by atoms with Crippen molar-refractivity contribution in [3.8, 4) is 0 Å². The fourth-order valence-electron chi connectivity index (χ4n) is 3.06. The van der Waals surface area contributed by atoms with Crippen molar-refractivity contribution in [2.45, 2.75) is 31.6 Å². The zero-order valence-corrected chi connectivity index (χ0v) is 17.6. The number of piperidine rings is 1. The van der Waals surface area contributed by atoms with Gasteiger partial charge in [-0.25, -0.2) is 8.42 Å². The first-order chi connectivity index (χ1) is 12.4. The second kappa shape index (κ2) is 11.0. The molecule has 1 unspecified atom stereocenters. The lowest BCUT2D eigenvalue weighted by atomic mass is 9.99. The fraction of sp³-hybridized carbons (Fsp3) is 0.750. The van der Waals surface area contributed by atoms with Crippen LogP contribution in [0.3, 0.4) is 0 Å². The van der Waals surface area contributed by atoms with E-state index in [-0.39, 0.29) is 41.4 Å². The van der Waals surface area contributed by atoms with E-state index in [2.05, 4.69) is 15.8 Å². The minimum absolute atomic E-state index is 0. The van der Waals surface area contributed by atoms with Crippen LogP contribution in [-0.2, 0) is 19.6 Å². The predicted molar refractivity (Wildman–Crippen MR) is 102 cm³/mol. The van der Waals surface area contributed by atoms with E-state index in [1.807, 2.05) is 0 Å². The smallest absolute Gasteiger partial charge is 0.248 e. The van der Waals surface area contributed by atoms with Crippen LogP contribution in [0.25, 0.3) is 0 Å². The van der Waals surface area contributed by atoms with Gasteiger partial charge in [-0.3, -0.25) is 4.79 Å². The second-order valence-electron chi connectivity index (χ2n) is 6.39. The Morgan fingerprint density at radius 2 is 2.07 bits per heavy atom. The minimum Gasteiger partial charge on any atom is -0.383 e. The number of aryl methyl sites for hydroxylation is 2. The van der Waals surface area contributed by atoms with Gasteiger partial charge in [0, 0.05) is 39.8 Å². The van der Waals surface area contributed by atoms with Crippen LogP contribution in [0.4, 0.5) is 0 Å². The number of hydrogen-bond acceptors (Lipinski definition) is 7. The van der Waals surface area contributed by atoms with Crippen molar-refractivity contribution in [3.63, 3.8) is 0 Å². The first-order valence-electron chi connectivity index (χ1n) is 8.78. The van der Waals surface area contributed by atoms with Crippen molar-refractivity contribution in [2.75, 3.05) is 46.4 Å². The Bertz CT molecular complexity index is 690. The van der Waals surface area contributed by atoms with E-state index in [4.69, 9.17) is 9.26 Å². The van der Waals surface area contributed by atoms with Gasteiger partial charge in [0.25, 0.3) is 0 Å². The van der Waals surface area contributed by atoms with Crippen LogP contribution in [0.2, 0.25) is 0 Å². The number of ether oxygens (including phenoxy) is 1. The van der Waals surface area contributed by atoms with Crippen LogP contribution in [0.1, 0.15) is 24.3 Å². The molecule has 0 aliphatic carbocycles. The van der Waals surface area contributed by atoms with Crippen molar-refractivity contribution in [1.82, 2.24) is 20.1 Å². The number of carbonyl (C=O) groups is 1. The molecule has 1 fully saturated rings. The zero-order chi connectivity index (χ0) is 19.2. The predicted octanol–water partition coefficient (Wildman–Crippen LogP) is 0.466. The van der Waals surface area contributed by atoms with E-state index < -0.39 is 10.0 Å². The van der Waals surface area contributed by atoms with Gasteiger partial charge in [0.1, 0.15) is 10.6 Å². The fourth-order valence-corrected chi connectivity index (χ4v) is 4.88. The Balaban J connectivity index is 0.00000364. The van der Waals surface area contributed by atoms with Gasteiger partial charge in [0.2, 0.25) is 15.9 Å². The molecule has 2 rings (SSSR count). The maximum Gasteiger partial charge on any atom is 0.248 e. The first kappa shape index (κ1) is 23.8. The van der Waals surface area contributed by atoms with Crippen LogP contribution in [0.5, 0.6) is 0 Å². The third-order valence-corrected chi connectivity index (χ3v) is 6.51. The minimum atomic E-state index is -3.71. The summed E-state index contributed by atoms with van der Waals surface area (Å²) in [5.41, 5.74) is 0.344. The van der Waals surface area contributed by atoms with Crippen LogP contribution in [-0.4, -0.2) is 70.2 Å². The average Bonchev–Trinajstić information content (AvgIpc) is 2.97. The highest BCUT2D eigenvalue weighted by atomic mass is 35.5. The van der Waals surface area contributed by atoms with Gasteiger partial charge in [-0.05, 0) is 26.7 Å². The maximum atomic E-state index is 12.9. The summed E-state index contributed by atoms with van der Waals surface area (Å²) in [7, 11) is -2.08. The Labute approximate surface area is 166 Å². The van der Waals surface area contributed by atoms with Crippen LogP contribution < -0.4 is 10.6 Å². The first-order valence-corrected chi connectivity index (χ1v) is 10.2. The molecule has 156 valence electrons. The molecule has 2 N–H and O–H groups in total. The van der Waals surface area contributed by atoms with Crippen molar-refractivity contribution in [1.29, 1.82) is 0 Å². The maximum absolute atomic E-state index is 12.9. The van der Waals surface area contributed by atoms with Gasteiger partial charge in [-0.1, -0.05) is 5.16 Å². The van der Waals surface area contributed by atoms with Gasteiger partial charge in [0.05, 0.1) is 12.5 Å². The van der Waals surface area contributed by atoms with Crippen LogP contribution in [0.15, 0.2) is 9.42 Å². The highest BCUT2D eigenvalue weighted by Gasteiger charge is 2.36. The van der Waals surface area contributed by atoms with E-state index in [0.29, 0.717) is 44.8 Å². The molecule has 1 amide bonds. The average molecular weight is 425 g/mol. The Kier molecular flexibility index (Phi) is 9.68. The molecule has 2 heterocycles. The SMILES string of the molecule is COCCNCCNC(=O)C1CCCN(S(=O)(=O)c2c(C)noc2C)C1.Cl. The monoisotopic (exact) mass is 424 g/mol. The number of methoxy groups -OCH3 is 1. The third kappa shape index (κ3) is 6.15. The summed E-state index contributed by atoms with van der Waals surface area (Å²) in [6.45, 7) is 6.23. The van der Waals surface area contributed by atoms with Crippen molar-refractivity contribution in [3.05, 3.63) is 11.5 Å². The van der Waals surface area contributed by atoms with Gasteiger partial charge in [0.15, 0.2) is 5.76 Å². The van der Waals surface area contributed by atoms with Crippen molar-refractivity contribution < 1.29 is 22.5 Å². The third-order valence-electron chi connectivity index (χ3n) is 4.40. The Morgan fingerprint density at radius 3 is 2.70 bits per heavy atom. The normalized spacial score (nSPS) is 18.1. The molecule has 27 heavy (non-hydrogen) atoms. The topological polar surface area (TPSA) is 114 Å². The quantitative estimate of drug-likeness (QED) is 0.553. The number of sulfonamides is 1. The number of hydrogen-bond donors (Lipinski definition) is 2. The summed E-state index contributed by atoms with van der Waals surface area (Å²) in [6, 6.07) is 0.